The van der Waals surface area contributed by atoms with Crippen LogP contribution in [-0.4, -0.2) is 43.2 Å². The van der Waals surface area contributed by atoms with E-state index in [0.717, 1.165) is 30.1 Å². The average Bonchev–Trinajstić information content (AvgIpc) is 2.87. The van der Waals surface area contributed by atoms with Crippen molar-refractivity contribution in [3.63, 3.8) is 0 Å². The number of hydrogen-bond donors (Lipinski definition) is 2. The summed E-state index contributed by atoms with van der Waals surface area (Å²) >= 11 is 1.68. The van der Waals surface area contributed by atoms with Gasteiger partial charge in [-0.15, -0.1) is 36.2 Å². The van der Waals surface area contributed by atoms with Gasteiger partial charge in [0.1, 0.15) is 6.04 Å². The van der Waals surface area contributed by atoms with Crippen LogP contribution in [0.1, 0.15) is 17.6 Å². The van der Waals surface area contributed by atoms with Crippen LogP contribution in [0.3, 0.4) is 0 Å². The number of halogens is 2. The molecule has 0 bridgehead atoms. The largest absolute Gasteiger partial charge is 0.378 e. The lowest BCUT2D eigenvalue weighted by Crippen LogP contribution is -2.51. The summed E-state index contributed by atoms with van der Waals surface area (Å²) < 4.78 is 5.25. The van der Waals surface area contributed by atoms with Crippen molar-refractivity contribution in [1.29, 1.82) is 0 Å². The van der Waals surface area contributed by atoms with Crippen LogP contribution in [0, 0.1) is 0 Å². The predicted octanol–water partition coefficient (Wildman–Crippen LogP) is 1.20. The molecule has 2 N–H and O–H groups in total. The van der Waals surface area contributed by atoms with E-state index in [-0.39, 0.29) is 36.8 Å². The van der Waals surface area contributed by atoms with Gasteiger partial charge in [-0.05, 0) is 6.42 Å². The Morgan fingerprint density at radius 1 is 1.60 bits per heavy atom. The number of carbonyl (C=O) groups excluding carboxylic acids is 1. The maximum absolute atomic E-state index is 11.8. The van der Waals surface area contributed by atoms with Crippen LogP contribution < -0.4 is 10.6 Å². The van der Waals surface area contributed by atoms with Gasteiger partial charge in [-0.1, -0.05) is 6.92 Å². The van der Waals surface area contributed by atoms with Gasteiger partial charge in [0.25, 0.3) is 0 Å². The van der Waals surface area contributed by atoms with Gasteiger partial charge in [-0.25, -0.2) is 4.98 Å². The normalized spacial score (nSPS) is 17.8. The fourth-order valence-corrected chi connectivity index (χ4v) is 2.58. The van der Waals surface area contributed by atoms with Gasteiger partial charge in [0.15, 0.2) is 0 Å². The molecule has 1 saturated heterocycles. The molecule has 1 aromatic heterocycles. The Morgan fingerprint density at radius 3 is 3.00 bits per heavy atom. The molecule has 0 spiro atoms. The van der Waals surface area contributed by atoms with E-state index >= 15 is 0 Å². The highest BCUT2D eigenvalue weighted by molar-refractivity contribution is 7.09. The van der Waals surface area contributed by atoms with Crippen LogP contribution in [0.25, 0.3) is 0 Å². The molecule has 5 nitrogen and oxygen atoms in total. The monoisotopic (exact) mass is 341 g/mol. The van der Waals surface area contributed by atoms with E-state index in [0.29, 0.717) is 19.8 Å². The Morgan fingerprint density at radius 2 is 2.40 bits per heavy atom. The van der Waals surface area contributed by atoms with Crippen molar-refractivity contribution in [3.05, 3.63) is 16.1 Å². The van der Waals surface area contributed by atoms with E-state index in [1.54, 1.807) is 11.3 Å². The highest BCUT2D eigenvalue weighted by atomic mass is 35.5. The molecular weight excluding hydrogens is 321 g/mol. The van der Waals surface area contributed by atoms with E-state index < -0.39 is 0 Å². The molecule has 1 atom stereocenters. The quantitative estimate of drug-likeness (QED) is 0.844. The number of carbonyl (C=O) groups is 1. The van der Waals surface area contributed by atoms with E-state index in [2.05, 4.69) is 27.9 Å². The molecular formula is C12H21Cl2N3O2S. The molecule has 1 amide bonds. The van der Waals surface area contributed by atoms with Crippen molar-refractivity contribution in [2.75, 3.05) is 26.3 Å². The van der Waals surface area contributed by atoms with E-state index in [4.69, 9.17) is 4.74 Å². The molecule has 2 heterocycles. The predicted molar refractivity (Wildman–Crippen MR) is 85.3 cm³/mol. The second kappa shape index (κ2) is 10.3. The number of nitrogens with zero attached hydrogens (tertiary/aromatic N) is 1. The Labute approximate surface area is 135 Å². The van der Waals surface area contributed by atoms with Gasteiger partial charge in [-0.3, -0.25) is 4.79 Å². The fourth-order valence-electron chi connectivity index (χ4n) is 1.80. The van der Waals surface area contributed by atoms with Gasteiger partial charge in [0.05, 0.1) is 23.9 Å². The summed E-state index contributed by atoms with van der Waals surface area (Å²) in [4.78, 5) is 16.2. The number of rotatable bonds is 5. The van der Waals surface area contributed by atoms with E-state index in [1.807, 2.05) is 0 Å². The molecule has 1 aliphatic heterocycles. The van der Waals surface area contributed by atoms with Crippen LogP contribution in [0.2, 0.25) is 0 Å². The highest BCUT2D eigenvalue weighted by Gasteiger charge is 2.20. The summed E-state index contributed by atoms with van der Waals surface area (Å²) in [7, 11) is 0. The zero-order valence-corrected chi connectivity index (χ0v) is 13.8. The fraction of sp³-hybridized carbons (Fsp3) is 0.667. The summed E-state index contributed by atoms with van der Waals surface area (Å²) in [5, 5.41) is 9.26. The first-order valence-corrected chi connectivity index (χ1v) is 7.19. The van der Waals surface area contributed by atoms with Crippen molar-refractivity contribution in [1.82, 2.24) is 15.6 Å². The van der Waals surface area contributed by atoms with Gasteiger partial charge in [0, 0.05) is 24.9 Å². The van der Waals surface area contributed by atoms with Crippen LogP contribution >= 0.6 is 36.2 Å². The summed E-state index contributed by atoms with van der Waals surface area (Å²) in [6.07, 6.45) is 1.76. The van der Waals surface area contributed by atoms with Crippen molar-refractivity contribution in [2.45, 2.75) is 25.8 Å². The van der Waals surface area contributed by atoms with Crippen molar-refractivity contribution < 1.29 is 9.53 Å². The molecule has 1 aliphatic rings. The Bertz CT molecular complexity index is 398. The number of hydrogen-bond acceptors (Lipinski definition) is 5. The topological polar surface area (TPSA) is 63.2 Å². The third-order valence-electron chi connectivity index (χ3n) is 2.82. The smallest absolute Gasteiger partial charge is 0.239 e. The number of amides is 1. The molecule has 1 aromatic rings. The summed E-state index contributed by atoms with van der Waals surface area (Å²) in [6, 6.07) is -0.208. The average molecular weight is 342 g/mol. The minimum atomic E-state index is -0.208. The number of nitrogens with one attached hydrogen (secondary N) is 2. The third kappa shape index (κ3) is 5.93. The zero-order chi connectivity index (χ0) is 12.8. The standard InChI is InChI=1S/C12H19N3O2S.2ClH/c1-2-11-15-9(8-18-11)3-4-14-12(16)10-7-17-6-5-13-10;;/h8,10,13H,2-7H2,1H3,(H,14,16);2*1H. The number of thiazole rings is 1. The number of morpholine rings is 1. The Kier molecular flexibility index (Phi) is 10.1. The van der Waals surface area contributed by atoms with Crippen LogP contribution in [0.5, 0.6) is 0 Å². The van der Waals surface area contributed by atoms with Gasteiger partial charge >= 0.3 is 0 Å². The molecule has 0 saturated carbocycles. The second-order valence-corrected chi connectivity index (χ2v) is 5.15. The van der Waals surface area contributed by atoms with Crippen LogP contribution in [-0.2, 0) is 22.4 Å². The minimum absolute atomic E-state index is 0. The van der Waals surface area contributed by atoms with Gasteiger partial charge in [-0.2, -0.15) is 0 Å². The highest BCUT2D eigenvalue weighted by Crippen LogP contribution is 2.10. The van der Waals surface area contributed by atoms with E-state index in [1.165, 1.54) is 0 Å². The Hall–Kier alpha value is -0.400. The van der Waals surface area contributed by atoms with E-state index in [9.17, 15) is 4.79 Å². The maximum Gasteiger partial charge on any atom is 0.239 e. The minimum Gasteiger partial charge on any atom is -0.378 e. The van der Waals surface area contributed by atoms with Crippen molar-refractivity contribution >= 4 is 42.1 Å². The molecule has 0 radical (unpaired) electrons. The number of aromatic nitrogens is 1. The first kappa shape index (κ1) is 19.6. The van der Waals surface area contributed by atoms with Gasteiger partial charge < -0.3 is 15.4 Å². The second-order valence-electron chi connectivity index (χ2n) is 4.21. The summed E-state index contributed by atoms with van der Waals surface area (Å²) in [5.74, 6) is 0.0145. The number of ether oxygens (including phenoxy) is 1. The zero-order valence-electron chi connectivity index (χ0n) is 11.4. The molecule has 116 valence electrons. The van der Waals surface area contributed by atoms with Gasteiger partial charge in [0.2, 0.25) is 5.91 Å². The van der Waals surface area contributed by atoms with Crippen molar-refractivity contribution in [3.8, 4) is 0 Å². The first-order valence-electron chi connectivity index (χ1n) is 6.31. The SMILES string of the molecule is CCc1nc(CCNC(=O)C2COCCN2)cs1.Cl.Cl. The van der Waals surface area contributed by atoms with Crippen molar-refractivity contribution in [2.24, 2.45) is 0 Å². The Balaban J connectivity index is 0.00000180. The molecule has 0 aliphatic carbocycles. The maximum atomic E-state index is 11.8. The van der Waals surface area contributed by atoms with Crippen LogP contribution in [0.15, 0.2) is 5.38 Å². The molecule has 1 unspecified atom stereocenters. The summed E-state index contributed by atoms with van der Waals surface area (Å²) in [5.41, 5.74) is 1.06. The lowest BCUT2D eigenvalue weighted by molar-refractivity contribution is -0.125. The lowest BCUT2D eigenvalue weighted by atomic mass is 10.2. The molecule has 1 fully saturated rings. The molecule has 20 heavy (non-hydrogen) atoms. The molecule has 0 aromatic carbocycles. The summed E-state index contributed by atoms with van der Waals surface area (Å²) in [6.45, 7) is 4.61. The molecule has 2 rings (SSSR count). The lowest BCUT2D eigenvalue weighted by Gasteiger charge is -2.22. The number of aryl methyl sites for hydroxylation is 1. The third-order valence-corrected chi connectivity index (χ3v) is 3.86. The molecule has 8 heteroatoms. The first-order chi connectivity index (χ1) is 8.79. The van der Waals surface area contributed by atoms with Crippen LogP contribution in [0.4, 0.5) is 0 Å².